The maximum absolute atomic E-state index is 12.4. The molecule has 7 nitrogen and oxygen atoms in total. The van der Waals surface area contributed by atoms with Crippen LogP contribution in [0.2, 0.25) is 5.02 Å². The molecule has 0 N–H and O–H groups in total. The standard InChI is InChI=1S/C14H12ClN5O2S/c1-20(23(21,22)13-5-3-2-4-6-13)18-14(17-19-16)11-7-9-12(15)10-8-11/h2-10H,1H3/b18-14-. The van der Waals surface area contributed by atoms with Crippen molar-refractivity contribution in [1.82, 2.24) is 4.41 Å². The number of hydrogen-bond donors (Lipinski definition) is 0. The van der Waals surface area contributed by atoms with Crippen LogP contribution in [0.4, 0.5) is 0 Å². The molecule has 0 aliphatic rings. The van der Waals surface area contributed by atoms with E-state index < -0.39 is 10.0 Å². The Kier molecular flexibility index (Phi) is 5.23. The SMILES string of the molecule is CN(/N=C(\N=[N+]=[N-])c1ccc(Cl)cc1)S(=O)(=O)c1ccccc1. The van der Waals surface area contributed by atoms with Gasteiger partial charge in [0.1, 0.15) is 0 Å². The van der Waals surface area contributed by atoms with Crippen LogP contribution < -0.4 is 0 Å². The largest absolute Gasteiger partial charge is 0.278 e. The number of benzene rings is 2. The van der Waals surface area contributed by atoms with E-state index in [1.54, 1.807) is 42.5 Å². The number of azide groups is 1. The van der Waals surface area contributed by atoms with Crippen molar-refractivity contribution < 1.29 is 8.42 Å². The summed E-state index contributed by atoms with van der Waals surface area (Å²) in [7, 11) is -2.56. The van der Waals surface area contributed by atoms with Crippen molar-refractivity contribution >= 4 is 27.5 Å². The number of halogens is 1. The van der Waals surface area contributed by atoms with E-state index in [2.05, 4.69) is 15.1 Å². The first-order valence-corrected chi connectivity index (χ1v) is 8.20. The summed E-state index contributed by atoms with van der Waals surface area (Å²) in [5.74, 6) is -0.0776. The summed E-state index contributed by atoms with van der Waals surface area (Å²) in [6.07, 6.45) is 0. The van der Waals surface area contributed by atoms with Crippen LogP contribution in [0.5, 0.6) is 0 Å². The number of sulfonamides is 1. The number of hydrogen-bond acceptors (Lipinski definition) is 3. The van der Waals surface area contributed by atoms with Gasteiger partial charge in [-0.15, -0.1) is 0 Å². The molecular formula is C14H12ClN5O2S. The molecule has 0 bridgehead atoms. The van der Waals surface area contributed by atoms with Crippen molar-refractivity contribution in [2.24, 2.45) is 10.2 Å². The van der Waals surface area contributed by atoms with Gasteiger partial charge in [0.2, 0.25) is 0 Å². The summed E-state index contributed by atoms with van der Waals surface area (Å²) < 4.78 is 25.6. The number of hydrazone groups is 1. The second kappa shape index (κ2) is 7.15. The summed E-state index contributed by atoms with van der Waals surface area (Å²) in [4.78, 5) is 2.77. The molecule has 0 aromatic heterocycles. The van der Waals surface area contributed by atoms with E-state index in [0.29, 0.717) is 10.6 Å². The minimum atomic E-state index is -3.83. The van der Waals surface area contributed by atoms with Crippen LogP contribution in [0.1, 0.15) is 5.56 Å². The maximum atomic E-state index is 12.4. The van der Waals surface area contributed by atoms with E-state index >= 15 is 0 Å². The maximum Gasteiger partial charge on any atom is 0.278 e. The minimum Gasteiger partial charge on any atom is -0.200 e. The zero-order valence-electron chi connectivity index (χ0n) is 12.0. The molecule has 0 spiro atoms. The van der Waals surface area contributed by atoms with Gasteiger partial charge in [-0.05, 0) is 34.9 Å². The van der Waals surface area contributed by atoms with Gasteiger partial charge >= 0.3 is 0 Å². The van der Waals surface area contributed by atoms with Crippen LogP contribution in [0, 0.1) is 0 Å². The highest BCUT2D eigenvalue weighted by atomic mass is 35.5. The van der Waals surface area contributed by atoms with Crippen LogP contribution in [-0.4, -0.2) is 25.7 Å². The minimum absolute atomic E-state index is 0.0776. The number of rotatable bonds is 4. The molecule has 0 amide bonds. The molecular weight excluding hydrogens is 338 g/mol. The number of amidine groups is 1. The monoisotopic (exact) mass is 349 g/mol. The molecule has 0 aliphatic carbocycles. The van der Waals surface area contributed by atoms with Gasteiger partial charge in [0.15, 0.2) is 5.84 Å². The lowest BCUT2D eigenvalue weighted by Crippen LogP contribution is -2.23. The molecule has 2 aromatic rings. The Morgan fingerprint density at radius 1 is 1.13 bits per heavy atom. The van der Waals surface area contributed by atoms with Crippen LogP contribution >= 0.6 is 11.6 Å². The summed E-state index contributed by atoms with van der Waals surface area (Å²) in [6, 6.07) is 14.2. The summed E-state index contributed by atoms with van der Waals surface area (Å²) in [5, 5.41) is 7.86. The van der Waals surface area contributed by atoms with E-state index in [9.17, 15) is 8.42 Å². The van der Waals surface area contributed by atoms with Gasteiger partial charge in [0.25, 0.3) is 10.0 Å². The van der Waals surface area contributed by atoms with Crippen molar-refractivity contribution in [3.63, 3.8) is 0 Å². The lowest BCUT2D eigenvalue weighted by molar-refractivity contribution is 0.489. The first kappa shape index (κ1) is 16.8. The molecule has 0 heterocycles. The lowest BCUT2D eigenvalue weighted by atomic mass is 10.2. The predicted octanol–water partition coefficient (Wildman–Crippen LogP) is 3.63. The van der Waals surface area contributed by atoms with Gasteiger partial charge in [-0.1, -0.05) is 41.9 Å². The van der Waals surface area contributed by atoms with Gasteiger partial charge < -0.3 is 0 Å². The molecule has 2 rings (SSSR count). The Bertz CT molecular complexity index is 860. The topological polar surface area (TPSA) is 98.5 Å². The highest BCUT2D eigenvalue weighted by Crippen LogP contribution is 2.16. The van der Waals surface area contributed by atoms with Crippen LogP contribution in [0.15, 0.2) is 69.7 Å². The molecule has 0 saturated carbocycles. The second-order valence-electron chi connectivity index (χ2n) is 4.37. The highest BCUT2D eigenvalue weighted by Gasteiger charge is 2.19. The quantitative estimate of drug-likeness (QED) is 0.210. The van der Waals surface area contributed by atoms with Crippen LogP contribution in [-0.2, 0) is 10.0 Å². The Labute approximate surface area is 138 Å². The second-order valence-corrected chi connectivity index (χ2v) is 6.76. The van der Waals surface area contributed by atoms with Crippen molar-refractivity contribution in [1.29, 1.82) is 0 Å². The van der Waals surface area contributed by atoms with Gasteiger partial charge in [-0.2, -0.15) is 17.9 Å². The molecule has 0 atom stereocenters. The van der Waals surface area contributed by atoms with Crippen molar-refractivity contribution in [2.75, 3.05) is 7.05 Å². The highest BCUT2D eigenvalue weighted by molar-refractivity contribution is 7.89. The first-order chi connectivity index (χ1) is 10.9. The van der Waals surface area contributed by atoms with Gasteiger partial charge in [0.05, 0.1) is 4.90 Å². The Morgan fingerprint density at radius 3 is 2.30 bits per heavy atom. The molecule has 0 saturated heterocycles. The van der Waals surface area contributed by atoms with Gasteiger partial charge in [-0.25, -0.2) is 0 Å². The van der Waals surface area contributed by atoms with Gasteiger partial charge in [-0.3, -0.25) is 0 Å². The summed E-state index contributed by atoms with van der Waals surface area (Å²) in [5.41, 5.74) is 9.12. The third-order valence-electron chi connectivity index (χ3n) is 2.87. The van der Waals surface area contributed by atoms with E-state index in [1.807, 2.05) is 0 Å². The molecule has 2 aromatic carbocycles. The Hall–Kier alpha value is -2.54. The molecule has 0 unspecified atom stereocenters. The molecule has 23 heavy (non-hydrogen) atoms. The van der Waals surface area contributed by atoms with E-state index in [1.165, 1.54) is 19.2 Å². The van der Waals surface area contributed by atoms with Crippen LogP contribution in [0.3, 0.4) is 0 Å². The molecule has 0 fully saturated rings. The zero-order valence-corrected chi connectivity index (χ0v) is 13.6. The fraction of sp³-hybridized carbons (Fsp3) is 0.0714. The van der Waals surface area contributed by atoms with E-state index in [0.717, 1.165) is 4.41 Å². The lowest BCUT2D eigenvalue weighted by Gasteiger charge is -2.15. The fourth-order valence-electron chi connectivity index (χ4n) is 1.71. The first-order valence-electron chi connectivity index (χ1n) is 6.39. The molecule has 0 aliphatic heterocycles. The van der Waals surface area contributed by atoms with Crippen molar-refractivity contribution in [2.45, 2.75) is 4.90 Å². The van der Waals surface area contributed by atoms with Crippen LogP contribution in [0.25, 0.3) is 10.4 Å². The third kappa shape index (κ3) is 4.01. The zero-order chi connectivity index (χ0) is 16.9. The molecule has 9 heteroatoms. The van der Waals surface area contributed by atoms with Crippen molar-refractivity contribution in [3.8, 4) is 0 Å². The van der Waals surface area contributed by atoms with E-state index in [4.69, 9.17) is 17.1 Å². The summed E-state index contributed by atoms with van der Waals surface area (Å²) in [6.45, 7) is 0. The normalized spacial score (nSPS) is 11.7. The van der Waals surface area contributed by atoms with E-state index in [-0.39, 0.29) is 10.7 Å². The Balaban J connectivity index is 2.43. The third-order valence-corrected chi connectivity index (χ3v) is 4.76. The van der Waals surface area contributed by atoms with Gasteiger partial charge in [0, 0.05) is 22.5 Å². The Morgan fingerprint density at radius 2 is 1.74 bits per heavy atom. The molecule has 0 radical (unpaired) electrons. The fourth-order valence-corrected chi connectivity index (χ4v) is 2.83. The average Bonchev–Trinajstić information content (AvgIpc) is 2.56. The predicted molar refractivity (Wildman–Crippen MR) is 88.5 cm³/mol. The number of nitrogens with zero attached hydrogens (tertiary/aromatic N) is 5. The molecule has 118 valence electrons. The van der Waals surface area contributed by atoms with Crippen molar-refractivity contribution in [3.05, 3.63) is 75.6 Å². The average molecular weight is 350 g/mol. The smallest absolute Gasteiger partial charge is 0.200 e. The summed E-state index contributed by atoms with van der Waals surface area (Å²) >= 11 is 5.80.